The molecule has 0 fully saturated rings. The Hall–Kier alpha value is -1.83. The van der Waals surface area contributed by atoms with Crippen LogP contribution in [0.2, 0.25) is 0 Å². The molecule has 2 nitrogen and oxygen atoms in total. The van der Waals surface area contributed by atoms with Crippen molar-refractivity contribution in [1.82, 2.24) is 0 Å². The van der Waals surface area contributed by atoms with Crippen LogP contribution in [0.5, 0.6) is 0 Å². The third kappa shape index (κ3) is 1.85. The molecule has 0 aromatic heterocycles. The summed E-state index contributed by atoms with van der Waals surface area (Å²) in [4.78, 5) is 4.01. The standard InChI is InChI=1S/C11H9NO/c1-2-5-10(6-3-1)11-9-12-7-4-8-13-11/h1-9H/i1D. The van der Waals surface area contributed by atoms with Gasteiger partial charge in [0.05, 0.1) is 13.8 Å². The van der Waals surface area contributed by atoms with E-state index in [1.165, 1.54) is 0 Å². The maximum Gasteiger partial charge on any atom is 0.151 e. The van der Waals surface area contributed by atoms with E-state index in [1.54, 1.807) is 36.9 Å². The van der Waals surface area contributed by atoms with Crippen LogP contribution in [0.3, 0.4) is 0 Å². The number of aliphatic imine (C=N–C) groups is 1. The van der Waals surface area contributed by atoms with Gasteiger partial charge in [0.15, 0.2) is 5.76 Å². The van der Waals surface area contributed by atoms with E-state index in [2.05, 4.69) is 4.99 Å². The van der Waals surface area contributed by atoms with E-state index in [1.807, 2.05) is 12.1 Å². The summed E-state index contributed by atoms with van der Waals surface area (Å²) in [6, 6.07) is 7.60. The van der Waals surface area contributed by atoms with Crippen LogP contribution in [-0.4, -0.2) is 6.21 Å². The predicted molar refractivity (Wildman–Crippen MR) is 53.1 cm³/mol. The fourth-order valence-electron chi connectivity index (χ4n) is 1.03. The molecule has 0 bridgehead atoms. The summed E-state index contributed by atoms with van der Waals surface area (Å²) in [6.45, 7) is 0. The molecular weight excluding hydrogens is 162 g/mol. The van der Waals surface area contributed by atoms with E-state index in [0.717, 1.165) is 5.56 Å². The van der Waals surface area contributed by atoms with Gasteiger partial charge in [-0.05, 0) is 6.08 Å². The van der Waals surface area contributed by atoms with Crippen LogP contribution in [0, 0.1) is 0 Å². The minimum Gasteiger partial charge on any atom is -0.463 e. The van der Waals surface area contributed by atoms with Gasteiger partial charge >= 0.3 is 0 Å². The minimum absolute atomic E-state index is 0.488. The third-order valence-corrected chi connectivity index (χ3v) is 1.64. The number of allylic oxidation sites excluding steroid dienone is 1. The van der Waals surface area contributed by atoms with Crippen molar-refractivity contribution < 1.29 is 6.11 Å². The molecule has 0 radical (unpaired) electrons. The van der Waals surface area contributed by atoms with E-state index in [9.17, 15) is 0 Å². The summed E-state index contributed by atoms with van der Waals surface area (Å²) in [6.07, 6.45) is 6.62. The molecular formula is C11H9NO. The van der Waals surface area contributed by atoms with Crippen LogP contribution in [0.1, 0.15) is 6.93 Å². The van der Waals surface area contributed by atoms with Gasteiger partial charge in [-0.2, -0.15) is 0 Å². The minimum atomic E-state index is 0.488. The lowest BCUT2D eigenvalue weighted by molar-refractivity contribution is 0.437. The first kappa shape index (κ1) is 6.66. The Labute approximate surface area is 78.3 Å². The molecule has 0 N–H and O–H groups in total. The number of hydrogen-bond donors (Lipinski definition) is 0. The van der Waals surface area contributed by atoms with Crippen molar-refractivity contribution in [2.75, 3.05) is 0 Å². The Morgan fingerprint density at radius 3 is 3.00 bits per heavy atom. The monoisotopic (exact) mass is 172 g/mol. The van der Waals surface area contributed by atoms with Crippen molar-refractivity contribution in [3.05, 3.63) is 54.4 Å². The van der Waals surface area contributed by atoms with Gasteiger partial charge in [-0.1, -0.05) is 30.3 Å². The fraction of sp³-hybridized carbons (Fsp3) is 0. The van der Waals surface area contributed by atoms with E-state index in [4.69, 9.17) is 6.11 Å². The summed E-state index contributed by atoms with van der Waals surface area (Å²) in [5.74, 6) is 0.690. The average Bonchev–Trinajstić information content (AvgIpc) is 2.47. The van der Waals surface area contributed by atoms with E-state index >= 15 is 0 Å². The molecule has 0 aliphatic carbocycles. The maximum atomic E-state index is 7.34. The van der Waals surface area contributed by atoms with Crippen LogP contribution in [0.25, 0.3) is 5.76 Å². The second-order valence-electron chi connectivity index (χ2n) is 2.53. The second-order valence-corrected chi connectivity index (χ2v) is 2.53. The number of hydrogen-bond acceptors (Lipinski definition) is 2. The molecule has 13 heavy (non-hydrogen) atoms. The Kier molecular flexibility index (Phi) is 1.90. The smallest absolute Gasteiger partial charge is 0.151 e. The molecule has 2 rings (SSSR count). The van der Waals surface area contributed by atoms with Gasteiger partial charge in [-0.15, -0.1) is 0 Å². The van der Waals surface area contributed by atoms with Gasteiger partial charge < -0.3 is 4.74 Å². The molecule has 0 amide bonds. The third-order valence-electron chi connectivity index (χ3n) is 1.64. The van der Waals surface area contributed by atoms with Crippen molar-refractivity contribution in [2.45, 2.75) is 0 Å². The Balaban J connectivity index is 2.31. The zero-order valence-electron chi connectivity index (χ0n) is 7.97. The molecule has 1 aromatic carbocycles. The Bertz CT molecular complexity index is 404. The first-order valence-electron chi connectivity index (χ1n) is 4.48. The van der Waals surface area contributed by atoms with Gasteiger partial charge in [0.2, 0.25) is 0 Å². The highest BCUT2D eigenvalue weighted by atomic mass is 16.5. The van der Waals surface area contributed by atoms with Gasteiger partial charge in [0, 0.05) is 11.8 Å². The molecule has 1 aliphatic heterocycles. The second kappa shape index (κ2) is 3.72. The topological polar surface area (TPSA) is 21.6 Å². The molecule has 0 unspecified atom stereocenters. The quantitative estimate of drug-likeness (QED) is 0.638. The lowest BCUT2D eigenvalue weighted by Crippen LogP contribution is -1.83. The number of ether oxygens (including phenoxy) is 1. The highest BCUT2D eigenvalue weighted by Crippen LogP contribution is 2.16. The predicted octanol–water partition coefficient (Wildman–Crippen LogP) is 2.60. The molecule has 0 atom stereocenters. The zero-order valence-corrected chi connectivity index (χ0v) is 6.97. The van der Waals surface area contributed by atoms with Gasteiger partial charge in [0.25, 0.3) is 0 Å². The van der Waals surface area contributed by atoms with Crippen LogP contribution in [0.4, 0.5) is 0 Å². The summed E-state index contributed by atoms with van der Waals surface area (Å²) in [7, 11) is 0. The van der Waals surface area contributed by atoms with Gasteiger partial charge in [-0.25, -0.2) is 0 Å². The molecule has 1 aromatic rings. The summed E-state index contributed by atoms with van der Waals surface area (Å²) >= 11 is 0. The number of rotatable bonds is 1. The molecule has 0 saturated carbocycles. The van der Waals surface area contributed by atoms with Crippen molar-refractivity contribution in [3.63, 3.8) is 0 Å². The molecule has 0 spiro atoms. The molecule has 0 saturated heterocycles. The van der Waals surface area contributed by atoms with Crippen molar-refractivity contribution in [3.8, 4) is 0 Å². The summed E-state index contributed by atoms with van der Waals surface area (Å²) < 4.78 is 12.7. The normalized spacial score (nSPS) is 15.7. The molecule has 2 heteroatoms. The van der Waals surface area contributed by atoms with Crippen LogP contribution in [-0.2, 0) is 4.74 Å². The van der Waals surface area contributed by atoms with Crippen molar-refractivity contribution in [1.29, 1.82) is 0 Å². The Morgan fingerprint density at radius 1 is 1.31 bits per heavy atom. The largest absolute Gasteiger partial charge is 0.463 e. The highest BCUT2D eigenvalue weighted by molar-refractivity contribution is 5.74. The van der Waals surface area contributed by atoms with E-state index in [0.29, 0.717) is 11.8 Å². The number of nitrogens with zero attached hydrogens (tertiary/aromatic N) is 1. The van der Waals surface area contributed by atoms with Crippen molar-refractivity contribution in [2.24, 2.45) is 4.99 Å². The lowest BCUT2D eigenvalue weighted by Gasteiger charge is -2.03. The fourth-order valence-corrected chi connectivity index (χ4v) is 1.03. The van der Waals surface area contributed by atoms with Gasteiger partial charge in [0.1, 0.15) is 0 Å². The SMILES string of the molecule is [2H]c1ccc(C2=CN=CC=CO2)cc1. The first-order chi connectivity index (χ1) is 6.86. The Morgan fingerprint density at radius 2 is 2.15 bits per heavy atom. The molecule has 64 valence electrons. The van der Waals surface area contributed by atoms with Crippen molar-refractivity contribution >= 4 is 12.0 Å². The highest BCUT2D eigenvalue weighted by Gasteiger charge is 2.00. The van der Waals surface area contributed by atoms with E-state index < -0.39 is 0 Å². The maximum absolute atomic E-state index is 7.34. The molecule has 1 heterocycles. The number of benzene rings is 1. The summed E-state index contributed by atoms with van der Waals surface area (Å²) in [5.41, 5.74) is 0.921. The van der Waals surface area contributed by atoms with Crippen LogP contribution >= 0.6 is 0 Å². The molecule has 1 aliphatic rings. The van der Waals surface area contributed by atoms with Crippen LogP contribution < -0.4 is 0 Å². The van der Waals surface area contributed by atoms with Gasteiger partial charge in [-0.3, -0.25) is 4.99 Å². The van der Waals surface area contributed by atoms with E-state index in [-0.39, 0.29) is 0 Å². The summed E-state index contributed by atoms with van der Waals surface area (Å²) in [5, 5.41) is 0. The zero-order chi connectivity index (χ0) is 9.80. The van der Waals surface area contributed by atoms with Crippen LogP contribution in [0.15, 0.2) is 53.8 Å². The average molecular weight is 172 g/mol. The lowest BCUT2D eigenvalue weighted by atomic mass is 10.2. The first-order valence-corrected chi connectivity index (χ1v) is 3.98.